The first kappa shape index (κ1) is 17.3. The molecule has 0 saturated heterocycles. The second-order valence-electron chi connectivity index (χ2n) is 9.68. The van der Waals surface area contributed by atoms with E-state index in [1.54, 1.807) is 6.92 Å². The maximum atomic E-state index is 12.5. The molecule has 4 aliphatic rings. The average molecular weight is 341 g/mol. The van der Waals surface area contributed by atoms with E-state index in [0.717, 1.165) is 51.4 Å². The molecule has 7 atom stereocenters. The van der Waals surface area contributed by atoms with E-state index >= 15 is 0 Å². The molecule has 0 aromatic rings. The molecule has 3 heteroatoms. The lowest BCUT2D eigenvalue weighted by Gasteiger charge is -2.57. The lowest BCUT2D eigenvalue weighted by atomic mass is 9.46. The Hall–Kier alpha value is -1.14. The number of hydrogen-bond donors (Lipinski definition) is 1. The van der Waals surface area contributed by atoms with Gasteiger partial charge in [-0.05, 0) is 68.1 Å². The number of rotatable bonds is 1. The molecule has 136 valence electrons. The Labute approximate surface area is 151 Å². The van der Waals surface area contributed by atoms with E-state index in [1.165, 1.54) is 5.57 Å². The van der Waals surface area contributed by atoms with Gasteiger partial charge in [-0.15, -0.1) is 0 Å². The topological polar surface area (TPSA) is 41.7 Å². The highest BCUT2D eigenvalue weighted by atomic mass is 16.3. The zero-order valence-electron chi connectivity index (χ0n) is 15.8. The maximum absolute atomic E-state index is 12.5. The molecule has 0 unspecified atom stereocenters. The minimum absolute atomic E-state index is 0.0880. The molecular formula is C22H31NO2. The van der Waals surface area contributed by atoms with Crippen molar-refractivity contribution in [3.63, 3.8) is 0 Å². The standard InChI is InChI=1S/C22H31NO2/c1-14(24)22(23-4)12-9-19-17-6-5-15-13-16(25)7-10-20(15,2)18(17)8-11-21(19,22)3/h5,16-19,25H,6-13H2,1-3H3/t16-,17+,18-,19-,20-,21-,22+/m0/s1. The van der Waals surface area contributed by atoms with Crippen molar-refractivity contribution >= 4 is 5.78 Å². The van der Waals surface area contributed by atoms with Crippen molar-refractivity contribution in [1.29, 1.82) is 0 Å². The van der Waals surface area contributed by atoms with Crippen LogP contribution in [0.2, 0.25) is 0 Å². The summed E-state index contributed by atoms with van der Waals surface area (Å²) in [7, 11) is 0. The van der Waals surface area contributed by atoms with Crippen LogP contribution in [0.4, 0.5) is 0 Å². The van der Waals surface area contributed by atoms with Crippen LogP contribution in [0.5, 0.6) is 0 Å². The van der Waals surface area contributed by atoms with Crippen molar-refractivity contribution in [3.8, 4) is 0 Å². The van der Waals surface area contributed by atoms with Crippen molar-refractivity contribution in [2.45, 2.75) is 83.8 Å². The summed E-state index contributed by atoms with van der Waals surface area (Å²) in [5.74, 6) is 1.84. The minimum atomic E-state index is -0.781. The van der Waals surface area contributed by atoms with Crippen molar-refractivity contribution < 1.29 is 9.90 Å². The second kappa shape index (κ2) is 5.43. The van der Waals surface area contributed by atoms with E-state index in [2.05, 4.69) is 24.8 Å². The summed E-state index contributed by atoms with van der Waals surface area (Å²) in [6.45, 7) is 14.1. The van der Waals surface area contributed by atoms with E-state index < -0.39 is 5.54 Å². The summed E-state index contributed by atoms with van der Waals surface area (Å²) in [4.78, 5) is 16.5. The summed E-state index contributed by atoms with van der Waals surface area (Å²) in [5.41, 5.74) is 0.772. The van der Waals surface area contributed by atoms with Gasteiger partial charge in [-0.25, -0.2) is 6.57 Å². The number of fused-ring (bicyclic) bond motifs is 5. The molecule has 0 bridgehead atoms. The highest BCUT2D eigenvalue weighted by Crippen LogP contribution is 2.68. The molecule has 0 radical (unpaired) electrons. The number of allylic oxidation sites excluding steroid dienone is 1. The molecule has 3 nitrogen and oxygen atoms in total. The Morgan fingerprint density at radius 1 is 1.20 bits per heavy atom. The number of hydrogen-bond acceptors (Lipinski definition) is 2. The average Bonchev–Trinajstić information content (AvgIpc) is 2.89. The summed E-state index contributed by atoms with van der Waals surface area (Å²) in [6.07, 6.45) is 10.1. The highest BCUT2D eigenvalue weighted by Gasteiger charge is 2.70. The smallest absolute Gasteiger partial charge is 0.294 e. The fourth-order valence-electron chi connectivity index (χ4n) is 7.50. The summed E-state index contributed by atoms with van der Waals surface area (Å²) >= 11 is 0. The summed E-state index contributed by atoms with van der Waals surface area (Å²) in [5, 5.41) is 10.1. The molecular weight excluding hydrogens is 310 g/mol. The zero-order chi connectivity index (χ0) is 18.0. The van der Waals surface area contributed by atoms with Crippen LogP contribution in [0.1, 0.15) is 72.1 Å². The van der Waals surface area contributed by atoms with Gasteiger partial charge in [-0.3, -0.25) is 4.79 Å². The van der Waals surface area contributed by atoms with E-state index in [0.29, 0.717) is 17.8 Å². The van der Waals surface area contributed by atoms with E-state index in [-0.39, 0.29) is 22.7 Å². The number of carbonyl (C=O) groups is 1. The molecule has 0 amide bonds. The van der Waals surface area contributed by atoms with Crippen molar-refractivity contribution in [2.75, 3.05) is 0 Å². The molecule has 25 heavy (non-hydrogen) atoms. The van der Waals surface area contributed by atoms with Gasteiger partial charge < -0.3 is 9.95 Å². The molecule has 3 fully saturated rings. The molecule has 3 saturated carbocycles. The van der Waals surface area contributed by atoms with Gasteiger partial charge in [-0.2, -0.15) is 0 Å². The Morgan fingerprint density at radius 2 is 1.92 bits per heavy atom. The van der Waals surface area contributed by atoms with Crippen LogP contribution in [0, 0.1) is 35.2 Å². The van der Waals surface area contributed by atoms with Gasteiger partial charge in [0.05, 0.1) is 11.5 Å². The maximum Gasteiger partial charge on any atom is 0.294 e. The number of nitrogens with zero attached hydrogens (tertiary/aromatic N) is 1. The molecule has 4 rings (SSSR count). The zero-order valence-corrected chi connectivity index (χ0v) is 15.8. The third-order valence-corrected chi connectivity index (χ3v) is 9.00. The Morgan fingerprint density at radius 3 is 2.60 bits per heavy atom. The monoisotopic (exact) mass is 341 g/mol. The van der Waals surface area contributed by atoms with Crippen LogP contribution in [-0.2, 0) is 4.79 Å². The number of ketones is 1. The van der Waals surface area contributed by atoms with Gasteiger partial charge in [0.15, 0.2) is 0 Å². The SMILES string of the molecule is [C-]#[N+][C@@]1(C(C)=O)CC[C@H]2[C@@H]3CC=C4C[C@@H](O)CC[C@]4(C)[C@H]3CC[C@@]21C. The van der Waals surface area contributed by atoms with Crippen molar-refractivity contribution in [2.24, 2.45) is 28.6 Å². The van der Waals surface area contributed by atoms with E-state index in [4.69, 9.17) is 6.57 Å². The second-order valence-corrected chi connectivity index (χ2v) is 9.68. The Balaban J connectivity index is 1.71. The fraction of sp³-hybridized carbons (Fsp3) is 0.818. The molecule has 0 heterocycles. The highest BCUT2D eigenvalue weighted by molar-refractivity contribution is 5.89. The van der Waals surface area contributed by atoms with Crippen molar-refractivity contribution in [3.05, 3.63) is 23.1 Å². The lowest BCUT2D eigenvalue weighted by molar-refractivity contribution is -0.127. The first-order valence-corrected chi connectivity index (χ1v) is 10.1. The Kier molecular flexibility index (Phi) is 3.75. The molecule has 0 spiro atoms. The molecule has 0 aromatic carbocycles. The van der Waals surface area contributed by atoms with Gasteiger partial charge in [0.25, 0.3) is 5.54 Å². The third kappa shape index (κ3) is 2.04. The van der Waals surface area contributed by atoms with Gasteiger partial charge in [0, 0.05) is 13.3 Å². The third-order valence-electron chi connectivity index (χ3n) is 9.00. The van der Waals surface area contributed by atoms with E-state index in [1.807, 2.05) is 0 Å². The predicted molar refractivity (Wildman–Crippen MR) is 97.7 cm³/mol. The largest absolute Gasteiger partial charge is 0.393 e. The summed E-state index contributed by atoms with van der Waals surface area (Å²) in [6, 6.07) is 0. The minimum Gasteiger partial charge on any atom is -0.393 e. The normalized spacial score (nSPS) is 51.6. The first-order chi connectivity index (χ1) is 11.8. The summed E-state index contributed by atoms with van der Waals surface area (Å²) < 4.78 is 0. The van der Waals surface area contributed by atoms with Crippen LogP contribution in [0.25, 0.3) is 4.85 Å². The van der Waals surface area contributed by atoms with E-state index in [9.17, 15) is 9.90 Å². The van der Waals surface area contributed by atoms with Crippen LogP contribution >= 0.6 is 0 Å². The number of aliphatic hydroxyl groups is 1. The van der Waals surface area contributed by atoms with Gasteiger partial charge in [0.2, 0.25) is 5.78 Å². The van der Waals surface area contributed by atoms with Gasteiger partial charge in [0.1, 0.15) is 0 Å². The van der Waals surface area contributed by atoms with Gasteiger partial charge >= 0.3 is 0 Å². The van der Waals surface area contributed by atoms with Crippen LogP contribution in [0.3, 0.4) is 0 Å². The van der Waals surface area contributed by atoms with Crippen LogP contribution in [-0.4, -0.2) is 22.5 Å². The quantitative estimate of drug-likeness (QED) is 0.561. The fourth-order valence-corrected chi connectivity index (χ4v) is 7.50. The Bertz CT molecular complexity index is 676. The molecule has 0 aliphatic heterocycles. The molecule has 0 aromatic heterocycles. The molecule has 4 aliphatic carbocycles. The first-order valence-electron chi connectivity index (χ1n) is 10.1. The number of Topliss-reactive ketones (excluding diaryl/α,β-unsaturated/α-hetero) is 1. The van der Waals surface area contributed by atoms with Gasteiger partial charge in [-0.1, -0.05) is 25.5 Å². The van der Waals surface area contributed by atoms with Crippen LogP contribution in [0.15, 0.2) is 11.6 Å². The lowest BCUT2D eigenvalue weighted by Crippen LogP contribution is -2.55. The number of carbonyl (C=O) groups excluding carboxylic acids is 1. The van der Waals surface area contributed by atoms with Crippen LogP contribution < -0.4 is 0 Å². The predicted octanol–water partition coefficient (Wildman–Crippen LogP) is 4.56. The van der Waals surface area contributed by atoms with Crippen molar-refractivity contribution in [1.82, 2.24) is 0 Å². The number of aliphatic hydroxyl groups excluding tert-OH is 1. The molecule has 1 N–H and O–H groups in total.